The molecule has 1 unspecified atom stereocenters. The predicted molar refractivity (Wildman–Crippen MR) is 89.5 cm³/mol. The van der Waals surface area contributed by atoms with Crippen molar-refractivity contribution >= 4 is 34.2 Å². The zero-order valence-corrected chi connectivity index (χ0v) is 14.1. The molecule has 0 aliphatic rings. The molecule has 1 N–H and O–H groups in total. The summed E-state index contributed by atoms with van der Waals surface area (Å²) in [5.41, 5.74) is -0.930. The number of hydrogen-bond donors (Lipinski definition) is 1. The Morgan fingerprint density at radius 2 is 2.04 bits per heavy atom. The third kappa shape index (κ3) is 3.62. The van der Waals surface area contributed by atoms with Gasteiger partial charge in [0.1, 0.15) is 16.4 Å². The zero-order valence-electron chi connectivity index (χ0n) is 13.4. The number of hydrogen-bond acceptors (Lipinski definition) is 4. The topological polar surface area (TPSA) is 68.3 Å². The molecule has 1 aromatic heterocycles. The number of benzene rings is 1. The Labute approximate surface area is 140 Å². The molecule has 0 aliphatic heterocycles. The number of fused-ring (bicyclic) bond motifs is 1. The van der Waals surface area contributed by atoms with E-state index in [1.54, 1.807) is 13.0 Å². The van der Waals surface area contributed by atoms with E-state index in [1.165, 1.54) is 7.11 Å². The van der Waals surface area contributed by atoms with Crippen LogP contribution in [0.2, 0.25) is 5.15 Å². The van der Waals surface area contributed by atoms with Crippen LogP contribution in [0.25, 0.3) is 10.8 Å². The number of methoxy groups -OCH3 is 1. The van der Waals surface area contributed by atoms with Gasteiger partial charge in [0.25, 0.3) is 5.91 Å². The molecule has 0 spiro atoms. The molecule has 1 aromatic carbocycles. The van der Waals surface area contributed by atoms with Gasteiger partial charge in [0.15, 0.2) is 0 Å². The molecule has 0 bridgehead atoms. The Kier molecular flexibility index (Phi) is 5.21. The van der Waals surface area contributed by atoms with Gasteiger partial charge in [-0.1, -0.05) is 49.2 Å². The fraction of sp³-hybridized carbons (Fsp3) is 0.353. The minimum absolute atomic E-state index is 0.167. The molecule has 0 fully saturated rings. The van der Waals surface area contributed by atoms with Crippen molar-refractivity contribution in [2.75, 3.05) is 7.11 Å². The maximum Gasteiger partial charge on any atom is 0.331 e. The number of carbonyl (C=O) groups excluding carboxylic acids is 2. The fourth-order valence-corrected chi connectivity index (χ4v) is 2.79. The molecule has 1 atom stereocenters. The Bertz CT molecular complexity index is 748. The first-order chi connectivity index (χ1) is 10.9. The summed E-state index contributed by atoms with van der Waals surface area (Å²) in [6.45, 7) is 3.57. The minimum Gasteiger partial charge on any atom is -0.467 e. The molecule has 5 nitrogen and oxygen atoms in total. The van der Waals surface area contributed by atoms with Crippen molar-refractivity contribution in [1.29, 1.82) is 0 Å². The van der Waals surface area contributed by atoms with E-state index in [0.29, 0.717) is 6.42 Å². The van der Waals surface area contributed by atoms with Crippen LogP contribution in [0.1, 0.15) is 37.2 Å². The molecule has 23 heavy (non-hydrogen) atoms. The molecule has 2 rings (SSSR count). The molecule has 6 heteroatoms. The summed E-state index contributed by atoms with van der Waals surface area (Å²) >= 11 is 6.15. The predicted octanol–water partition coefficient (Wildman–Crippen LogP) is 3.35. The fourth-order valence-electron chi connectivity index (χ4n) is 2.53. The van der Waals surface area contributed by atoms with Gasteiger partial charge >= 0.3 is 5.97 Å². The highest BCUT2D eigenvalue weighted by molar-refractivity contribution is 6.34. The highest BCUT2D eigenvalue weighted by Crippen LogP contribution is 2.23. The summed E-state index contributed by atoms with van der Waals surface area (Å²) in [6.07, 6.45) is 1.19. The van der Waals surface area contributed by atoms with Crippen LogP contribution in [0.3, 0.4) is 0 Å². The average molecular weight is 335 g/mol. The van der Waals surface area contributed by atoms with Crippen LogP contribution < -0.4 is 5.32 Å². The molecule has 0 saturated carbocycles. The van der Waals surface area contributed by atoms with Crippen molar-refractivity contribution in [3.63, 3.8) is 0 Å². The lowest BCUT2D eigenvalue weighted by Crippen LogP contribution is -2.52. The lowest BCUT2D eigenvalue weighted by molar-refractivity contribution is -0.147. The van der Waals surface area contributed by atoms with Crippen LogP contribution in [-0.2, 0) is 9.53 Å². The summed E-state index contributed by atoms with van der Waals surface area (Å²) in [5.74, 6) is -0.946. The van der Waals surface area contributed by atoms with Gasteiger partial charge in [-0.05, 0) is 24.8 Å². The smallest absolute Gasteiger partial charge is 0.331 e. The lowest BCUT2D eigenvalue weighted by atomic mass is 9.96. The maximum atomic E-state index is 12.5. The van der Waals surface area contributed by atoms with Crippen LogP contribution in [0.5, 0.6) is 0 Å². The lowest BCUT2D eigenvalue weighted by Gasteiger charge is -2.27. The number of esters is 1. The van der Waals surface area contributed by atoms with Gasteiger partial charge in [-0.2, -0.15) is 0 Å². The first-order valence-electron chi connectivity index (χ1n) is 7.37. The van der Waals surface area contributed by atoms with Crippen LogP contribution in [0.15, 0.2) is 30.3 Å². The SMILES string of the molecule is CCCC(C)(NC(=O)c1cc2ccccc2c(Cl)n1)C(=O)OC. The van der Waals surface area contributed by atoms with Crippen LogP contribution in [0, 0.1) is 0 Å². The van der Waals surface area contributed by atoms with Crippen molar-refractivity contribution in [3.05, 3.63) is 41.2 Å². The van der Waals surface area contributed by atoms with Gasteiger partial charge in [0.2, 0.25) is 0 Å². The highest BCUT2D eigenvalue weighted by atomic mass is 35.5. The average Bonchev–Trinajstić information content (AvgIpc) is 2.54. The molecule has 1 heterocycles. The summed E-state index contributed by atoms with van der Waals surface area (Å²) in [4.78, 5) is 28.6. The van der Waals surface area contributed by atoms with Crippen molar-refractivity contribution in [2.24, 2.45) is 0 Å². The number of aromatic nitrogens is 1. The van der Waals surface area contributed by atoms with Gasteiger partial charge in [-0.15, -0.1) is 0 Å². The summed E-state index contributed by atoms with van der Waals surface area (Å²) in [5, 5.41) is 4.56. The van der Waals surface area contributed by atoms with Crippen LogP contribution in [0.4, 0.5) is 0 Å². The molecular weight excluding hydrogens is 316 g/mol. The first kappa shape index (κ1) is 17.2. The summed E-state index contributed by atoms with van der Waals surface area (Å²) in [7, 11) is 1.30. The van der Waals surface area contributed by atoms with Gasteiger partial charge in [0, 0.05) is 5.39 Å². The van der Waals surface area contributed by atoms with E-state index >= 15 is 0 Å². The Hall–Kier alpha value is -2.14. The quantitative estimate of drug-likeness (QED) is 0.672. The van der Waals surface area contributed by atoms with E-state index in [1.807, 2.05) is 31.2 Å². The number of nitrogens with zero attached hydrogens (tertiary/aromatic N) is 1. The molecule has 122 valence electrons. The van der Waals surface area contributed by atoms with E-state index in [-0.39, 0.29) is 10.8 Å². The number of halogens is 1. The van der Waals surface area contributed by atoms with Crippen molar-refractivity contribution in [1.82, 2.24) is 10.3 Å². The van der Waals surface area contributed by atoms with E-state index in [9.17, 15) is 9.59 Å². The molecule has 2 aromatic rings. The Morgan fingerprint density at radius 1 is 1.35 bits per heavy atom. The molecular formula is C17H19ClN2O3. The van der Waals surface area contributed by atoms with Gasteiger partial charge in [-0.3, -0.25) is 4.79 Å². The van der Waals surface area contributed by atoms with E-state index in [4.69, 9.17) is 16.3 Å². The second kappa shape index (κ2) is 6.96. The van der Waals surface area contributed by atoms with Crippen molar-refractivity contribution in [2.45, 2.75) is 32.2 Å². The maximum absolute atomic E-state index is 12.5. The van der Waals surface area contributed by atoms with Gasteiger partial charge < -0.3 is 10.1 Å². The molecule has 0 radical (unpaired) electrons. The first-order valence-corrected chi connectivity index (χ1v) is 7.75. The monoisotopic (exact) mass is 334 g/mol. The van der Waals surface area contributed by atoms with Crippen LogP contribution in [-0.4, -0.2) is 29.5 Å². The van der Waals surface area contributed by atoms with E-state index in [2.05, 4.69) is 10.3 Å². The molecule has 0 saturated heterocycles. The number of pyridine rings is 1. The number of carbonyl (C=O) groups is 2. The zero-order chi connectivity index (χ0) is 17.0. The van der Waals surface area contributed by atoms with Gasteiger partial charge in [0.05, 0.1) is 7.11 Å². The molecule has 1 amide bonds. The summed E-state index contributed by atoms with van der Waals surface area (Å²) < 4.78 is 4.80. The highest BCUT2D eigenvalue weighted by Gasteiger charge is 2.35. The second-order valence-electron chi connectivity index (χ2n) is 5.55. The Balaban J connectivity index is 2.34. The van der Waals surface area contributed by atoms with E-state index < -0.39 is 17.4 Å². The van der Waals surface area contributed by atoms with Crippen molar-refractivity contribution < 1.29 is 14.3 Å². The standard InChI is InChI=1S/C17H19ClN2O3/c1-4-9-17(2,16(22)23-3)20-15(21)13-10-11-7-5-6-8-12(11)14(18)19-13/h5-8,10H,4,9H2,1-3H3,(H,20,21). The second-order valence-corrected chi connectivity index (χ2v) is 5.91. The summed E-state index contributed by atoms with van der Waals surface area (Å²) in [6, 6.07) is 9.05. The number of amides is 1. The third-order valence-corrected chi connectivity index (χ3v) is 3.99. The minimum atomic E-state index is -1.10. The van der Waals surface area contributed by atoms with Gasteiger partial charge in [-0.25, -0.2) is 9.78 Å². The normalized spacial score (nSPS) is 13.4. The third-order valence-electron chi connectivity index (χ3n) is 3.70. The van der Waals surface area contributed by atoms with Crippen LogP contribution >= 0.6 is 11.6 Å². The Morgan fingerprint density at radius 3 is 2.70 bits per heavy atom. The van der Waals surface area contributed by atoms with Crippen molar-refractivity contribution in [3.8, 4) is 0 Å². The number of nitrogens with one attached hydrogen (secondary N) is 1. The number of ether oxygens (including phenoxy) is 1. The largest absolute Gasteiger partial charge is 0.467 e. The van der Waals surface area contributed by atoms with E-state index in [0.717, 1.165) is 17.2 Å². The molecule has 0 aliphatic carbocycles. The number of rotatable bonds is 5.